The van der Waals surface area contributed by atoms with E-state index in [9.17, 15) is 0 Å². The lowest BCUT2D eigenvalue weighted by Crippen LogP contribution is -1.89. The van der Waals surface area contributed by atoms with Crippen LogP contribution in [0.3, 0.4) is 0 Å². The van der Waals surface area contributed by atoms with Gasteiger partial charge in [0.15, 0.2) is 0 Å². The molecule has 0 aliphatic rings. The molecule has 0 bridgehead atoms. The van der Waals surface area contributed by atoms with Gasteiger partial charge in [0.05, 0.1) is 0 Å². The summed E-state index contributed by atoms with van der Waals surface area (Å²) in [5.41, 5.74) is 6.64. The fourth-order valence-electron chi connectivity index (χ4n) is 5.14. The van der Waals surface area contributed by atoms with Gasteiger partial charge in [-0.1, -0.05) is 91.0 Å². The molecule has 7 rings (SSSR count). The highest BCUT2D eigenvalue weighted by atomic mass is 32.1. The molecular formula is C31H20S2. The standard InChI is InChI=1S/C31H20S2/c1-19-20(24-13-7-15-26-22-9-2-4-17-28(22)32-30(24)26)11-6-12-21(19)25-14-8-16-27-23-10-3-5-18-29(23)33-31(25)27/h2-18H,1H3. The van der Waals surface area contributed by atoms with E-state index < -0.39 is 0 Å². The van der Waals surface area contributed by atoms with Crippen molar-refractivity contribution in [3.05, 3.63) is 109 Å². The van der Waals surface area contributed by atoms with E-state index in [-0.39, 0.29) is 0 Å². The van der Waals surface area contributed by atoms with Gasteiger partial charge in [0.1, 0.15) is 0 Å². The summed E-state index contributed by atoms with van der Waals surface area (Å²) in [5, 5.41) is 5.40. The first kappa shape index (κ1) is 19.0. The van der Waals surface area contributed by atoms with Crippen molar-refractivity contribution in [2.24, 2.45) is 0 Å². The highest BCUT2D eigenvalue weighted by Gasteiger charge is 2.16. The quantitative estimate of drug-likeness (QED) is 0.243. The molecule has 2 aromatic heterocycles. The van der Waals surface area contributed by atoms with Crippen LogP contribution in [0, 0.1) is 6.92 Å². The van der Waals surface area contributed by atoms with Gasteiger partial charge in [-0.05, 0) is 46.9 Å². The minimum Gasteiger partial charge on any atom is -0.135 e. The Morgan fingerprint density at radius 1 is 0.394 bits per heavy atom. The van der Waals surface area contributed by atoms with E-state index in [1.807, 2.05) is 22.7 Å². The van der Waals surface area contributed by atoms with Crippen LogP contribution < -0.4 is 0 Å². The van der Waals surface area contributed by atoms with Gasteiger partial charge in [-0.15, -0.1) is 22.7 Å². The lowest BCUT2D eigenvalue weighted by Gasteiger charge is -2.13. The van der Waals surface area contributed by atoms with Crippen molar-refractivity contribution in [2.75, 3.05) is 0 Å². The monoisotopic (exact) mass is 456 g/mol. The Kier molecular flexibility index (Phi) is 4.20. The zero-order valence-electron chi connectivity index (χ0n) is 18.1. The molecule has 0 amide bonds. The van der Waals surface area contributed by atoms with Crippen molar-refractivity contribution < 1.29 is 0 Å². The van der Waals surface area contributed by atoms with Crippen molar-refractivity contribution >= 4 is 63.0 Å². The molecule has 33 heavy (non-hydrogen) atoms. The number of thiophene rings is 2. The Bertz CT molecular complexity index is 1700. The van der Waals surface area contributed by atoms with Crippen LogP contribution in [0.25, 0.3) is 62.6 Å². The first-order valence-electron chi connectivity index (χ1n) is 11.2. The van der Waals surface area contributed by atoms with Crippen molar-refractivity contribution in [1.29, 1.82) is 0 Å². The van der Waals surface area contributed by atoms with Crippen LogP contribution in [0.15, 0.2) is 103 Å². The fourth-order valence-corrected chi connectivity index (χ4v) is 7.60. The third-order valence-corrected chi connectivity index (χ3v) is 9.16. The number of hydrogen-bond acceptors (Lipinski definition) is 2. The smallest absolute Gasteiger partial charge is 0.0433 e. The SMILES string of the molecule is Cc1c(-c2cccc3c2sc2ccccc23)cccc1-c1cccc2c1sc1ccccc12. The molecule has 7 aromatic rings. The molecule has 0 unspecified atom stereocenters. The van der Waals surface area contributed by atoms with E-state index in [1.54, 1.807) is 0 Å². The predicted molar refractivity (Wildman–Crippen MR) is 148 cm³/mol. The third kappa shape index (κ3) is 2.81. The molecule has 156 valence electrons. The highest BCUT2D eigenvalue weighted by molar-refractivity contribution is 7.26. The summed E-state index contributed by atoms with van der Waals surface area (Å²) in [7, 11) is 0. The lowest BCUT2D eigenvalue weighted by molar-refractivity contribution is 1.47. The van der Waals surface area contributed by atoms with E-state index in [0.717, 1.165) is 0 Å². The Balaban J connectivity index is 1.49. The molecule has 0 atom stereocenters. The number of hydrogen-bond donors (Lipinski definition) is 0. The maximum atomic E-state index is 2.28. The molecule has 0 aliphatic carbocycles. The molecule has 2 heterocycles. The summed E-state index contributed by atoms with van der Waals surface area (Å²) in [5.74, 6) is 0. The summed E-state index contributed by atoms with van der Waals surface area (Å²) in [6.07, 6.45) is 0. The van der Waals surface area contributed by atoms with Crippen molar-refractivity contribution in [2.45, 2.75) is 6.92 Å². The number of rotatable bonds is 2. The normalized spacial score (nSPS) is 11.8. The van der Waals surface area contributed by atoms with Crippen LogP contribution in [0.5, 0.6) is 0 Å². The average molecular weight is 457 g/mol. The first-order valence-corrected chi connectivity index (χ1v) is 12.8. The zero-order valence-corrected chi connectivity index (χ0v) is 19.8. The zero-order chi connectivity index (χ0) is 21.9. The van der Waals surface area contributed by atoms with Gasteiger partial charge in [-0.25, -0.2) is 0 Å². The highest BCUT2D eigenvalue weighted by Crippen LogP contribution is 2.44. The second-order valence-corrected chi connectivity index (χ2v) is 10.6. The van der Waals surface area contributed by atoms with Crippen LogP contribution in [-0.2, 0) is 0 Å². The van der Waals surface area contributed by atoms with Crippen LogP contribution in [0.2, 0.25) is 0 Å². The molecular weight excluding hydrogens is 436 g/mol. The van der Waals surface area contributed by atoms with Crippen molar-refractivity contribution in [1.82, 2.24) is 0 Å². The van der Waals surface area contributed by atoms with E-state index in [1.165, 1.54) is 68.2 Å². The van der Waals surface area contributed by atoms with Gasteiger partial charge >= 0.3 is 0 Å². The molecule has 0 saturated heterocycles. The van der Waals surface area contributed by atoms with E-state index >= 15 is 0 Å². The van der Waals surface area contributed by atoms with Crippen LogP contribution >= 0.6 is 22.7 Å². The van der Waals surface area contributed by atoms with Crippen molar-refractivity contribution in [3.8, 4) is 22.3 Å². The molecule has 0 N–H and O–H groups in total. The molecule has 0 spiro atoms. The molecule has 0 nitrogen and oxygen atoms in total. The van der Waals surface area contributed by atoms with Gasteiger partial charge in [0, 0.05) is 40.3 Å². The minimum absolute atomic E-state index is 1.32. The summed E-state index contributed by atoms with van der Waals surface area (Å²) in [6.45, 7) is 2.28. The topological polar surface area (TPSA) is 0 Å². The second kappa shape index (κ2) is 7.28. The lowest BCUT2D eigenvalue weighted by atomic mass is 9.91. The maximum absolute atomic E-state index is 2.28. The van der Waals surface area contributed by atoms with Crippen molar-refractivity contribution in [3.63, 3.8) is 0 Å². The second-order valence-electron chi connectivity index (χ2n) is 8.54. The summed E-state index contributed by atoms with van der Waals surface area (Å²) in [6, 6.07) is 37.8. The third-order valence-electron chi connectivity index (χ3n) is 6.72. The molecule has 2 heteroatoms. The van der Waals surface area contributed by atoms with Crippen LogP contribution in [-0.4, -0.2) is 0 Å². The Hall–Kier alpha value is -3.46. The van der Waals surface area contributed by atoms with Gasteiger partial charge in [-0.2, -0.15) is 0 Å². The molecule has 5 aromatic carbocycles. The number of benzene rings is 5. The summed E-state index contributed by atoms with van der Waals surface area (Å²) in [4.78, 5) is 0. The maximum Gasteiger partial charge on any atom is 0.0433 e. The Morgan fingerprint density at radius 2 is 0.788 bits per heavy atom. The van der Waals surface area contributed by atoms with E-state index in [0.29, 0.717) is 0 Å². The minimum atomic E-state index is 1.32. The molecule has 0 radical (unpaired) electrons. The fraction of sp³-hybridized carbons (Fsp3) is 0.0323. The van der Waals surface area contributed by atoms with E-state index in [2.05, 4.69) is 110 Å². The Labute approximate surface area is 200 Å². The summed E-state index contributed by atoms with van der Waals surface area (Å²) < 4.78 is 5.45. The van der Waals surface area contributed by atoms with Crippen LogP contribution in [0.1, 0.15) is 5.56 Å². The van der Waals surface area contributed by atoms with Gasteiger partial charge in [-0.3, -0.25) is 0 Å². The molecule has 0 aliphatic heterocycles. The van der Waals surface area contributed by atoms with E-state index in [4.69, 9.17) is 0 Å². The molecule has 0 fully saturated rings. The Morgan fingerprint density at radius 3 is 1.30 bits per heavy atom. The predicted octanol–water partition coefficient (Wildman–Crippen LogP) is 10.1. The molecule has 0 saturated carbocycles. The van der Waals surface area contributed by atoms with Gasteiger partial charge in [0.2, 0.25) is 0 Å². The van der Waals surface area contributed by atoms with Crippen LogP contribution in [0.4, 0.5) is 0 Å². The first-order chi connectivity index (χ1) is 16.3. The van der Waals surface area contributed by atoms with Gasteiger partial charge in [0.25, 0.3) is 0 Å². The summed E-state index contributed by atoms with van der Waals surface area (Å²) >= 11 is 3.80. The number of fused-ring (bicyclic) bond motifs is 6. The average Bonchev–Trinajstić information content (AvgIpc) is 3.43. The largest absolute Gasteiger partial charge is 0.135 e. The van der Waals surface area contributed by atoms with Gasteiger partial charge < -0.3 is 0 Å².